The van der Waals surface area contributed by atoms with Crippen molar-refractivity contribution in [1.82, 2.24) is 4.90 Å². The van der Waals surface area contributed by atoms with E-state index in [4.69, 9.17) is 9.79 Å². The van der Waals surface area contributed by atoms with Crippen LogP contribution in [0.1, 0.15) is 59.8 Å². The Morgan fingerprint density at radius 3 is 1.90 bits per heavy atom. The predicted octanol–water partition coefficient (Wildman–Crippen LogP) is 4.95. The maximum Gasteiger partial charge on any atom is 0.481 e. The summed E-state index contributed by atoms with van der Waals surface area (Å²) in [6.45, 7) is 9.39. The van der Waals surface area contributed by atoms with Crippen molar-refractivity contribution in [2.75, 3.05) is 26.7 Å². The highest BCUT2D eigenvalue weighted by Gasteiger charge is 2.32. The molecule has 0 rings (SSSR count). The maximum atomic E-state index is 11.3. The number of rotatable bonds is 15. The fourth-order valence-electron chi connectivity index (χ4n) is 2.45. The van der Waals surface area contributed by atoms with Crippen molar-refractivity contribution >= 4 is 15.6 Å². The van der Waals surface area contributed by atoms with Crippen LogP contribution in [0.3, 0.4) is 0 Å². The lowest BCUT2D eigenvalue weighted by molar-refractivity contribution is 0.161. The lowest BCUT2D eigenvalue weighted by Gasteiger charge is -2.17. The Morgan fingerprint density at radius 2 is 1.38 bits per heavy atom. The minimum Gasteiger partial charge on any atom is -0.304 e. The minimum absolute atomic E-state index is 0.177. The Hall–Kier alpha value is -0.560. The van der Waals surface area contributed by atoms with Crippen molar-refractivity contribution in [2.45, 2.75) is 59.8 Å². The molecule has 29 heavy (non-hydrogen) atoms. The number of likely N-dealkylation sites (N-methyl/N-ethyl adjacent to an activating group) is 1. The molecule has 10 heteroatoms. The lowest BCUT2D eigenvalue weighted by atomic mass is 10.1. The van der Waals surface area contributed by atoms with Gasteiger partial charge in [-0.2, -0.15) is 4.31 Å². The summed E-state index contributed by atoms with van der Waals surface area (Å²) in [6, 6.07) is 0. The van der Waals surface area contributed by atoms with Crippen LogP contribution in [0.4, 0.5) is 0 Å². The number of hydrogen-bond acceptors (Lipinski definition) is 5. The van der Waals surface area contributed by atoms with Crippen molar-refractivity contribution in [3.63, 3.8) is 0 Å². The van der Waals surface area contributed by atoms with E-state index in [1.54, 1.807) is 0 Å². The van der Waals surface area contributed by atoms with Gasteiger partial charge in [0, 0.05) is 13.1 Å². The second kappa shape index (κ2) is 14.4. The highest BCUT2D eigenvalue weighted by atomic mass is 31.3. The van der Waals surface area contributed by atoms with Gasteiger partial charge in [0.25, 0.3) is 0 Å². The van der Waals surface area contributed by atoms with E-state index in [9.17, 15) is 14.0 Å². The zero-order chi connectivity index (χ0) is 22.5. The SMILES string of the molecule is CC(C)=CCC/C(C)=C/CC/C(C)=C/CCN(C)CCOP(=O)(O)OP(=O)(O)O. The first kappa shape index (κ1) is 28.4. The molecule has 0 aliphatic carbocycles. The van der Waals surface area contributed by atoms with Crippen LogP contribution in [0, 0.1) is 0 Å². The van der Waals surface area contributed by atoms with Crippen LogP contribution in [-0.4, -0.2) is 46.3 Å². The maximum absolute atomic E-state index is 11.3. The van der Waals surface area contributed by atoms with Gasteiger partial charge in [-0.05, 0) is 66.8 Å². The summed E-state index contributed by atoms with van der Waals surface area (Å²) in [6.07, 6.45) is 11.8. The first-order valence-corrected chi connectivity index (χ1v) is 12.7. The molecular weight excluding hydrogens is 416 g/mol. The van der Waals surface area contributed by atoms with Crippen LogP contribution in [-0.2, 0) is 18.0 Å². The van der Waals surface area contributed by atoms with E-state index in [0.717, 1.165) is 38.6 Å². The molecule has 1 atom stereocenters. The first-order chi connectivity index (χ1) is 13.3. The largest absolute Gasteiger partial charge is 0.481 e. The zero-order valence-electron chi connectivity index (χ0n) is 18.2. The number of nitrogens with zero attached hydrogens (tertiary/aromatic N) is 1. The Morgan fingerprint density at radius 1 is 0.862 bits per heavy atom. The van der Waals surface area contributed by atoms with Crippen molar-refractivity contribution in [1.29, 1.82) is 0 Å². The summed E-state index contributed by atoms with van der Waals surface area (Å²) in [4.78, 5) is 28.2. The minimum atomic E-state index is -5.07. The van der Waals surface area contributed by atoms with Gasteiger partial charge in [-0.25, -0.2) is 9.13 Å². The second-order valence-electron chi connectivity index (χ2n) is 7.43. The van der Waals surface area contributed by atoms with Crippen LogP contribution < -0.4 is 0 Å². The molecule has 170 valence electrons. The van der Waals surface area contributed by atoms with E-state index in [2.05, 4.69) is 54.8 Å². The molecule has 0 saturated heterocycles. The quantitative estimate of drug-likeness (QED) is 0.235. The number of hydrogen-bond donors (Lipinski definition) is 3. The average Bonchev–Trinajstić information content (AvgIpc) is 2.51. The number of phosphoric ester groups is 1. The molecule has 0 fully saturated rings. The fourth-order valence-corrected chi connectivity index (χ4v) is 4.03. The van der Waals surface area contributed by atoms with E-state index in [0.29, 0.717) is 6.54 Å². The molecule has 0 saturated carbocycles. The smallest absolute Gasteiger partial charge is 0.304 e. The molecule has 0 heterocycles. The van der Waals surface area contributed by atoms with Crippen molar-refractivity contribution in [3.8, 4) is 0 Å². The van der Waals surface area contributed by atoms with Crippen LogP contribution in [0.2, 0.25) is 0 Å². The highest BCUT2D eigenvalue weighted by Crippen LogP contribution is 2.57. The monoisotopic (exact) mass is 453 g/mol. The molecule has 0 spiro atoms. The van der Waals surface area contributed by atoms with Gasteiger partial charge in [-0.3, -0.25) is 4.52 Å². The van der Waals surface area contributed by atoms with Gasteiger partial charge in [0.2, 0.25) is 0 Å². The van der Waals surface area contributed by atoms with Gasteiger partial charge < -0.3 is 19.6 Å². The second-order valence-corrected chi connectivity index (χ2v) is 10.3. The molecule has 0 aromatic carbocycles. The van der Waals surface area contributed by atoms with E-state index < -0.39 is 15.6 Å². The Labute approximate surface area is 175 Å². The van der Waals surface area contributed by atoms with Crippen LogP contribution in [0.15, 0.2) is 34.9 Å². The highest BCUT2D eigenvalue weighted by molar-refractivity contribution is 7.60. The topological polar surface area (TPSA) is 117 Å². The predicted molar refractivity (Wildman–Crippen MR) is 116 cm³/mol. The zero-order valence-corrected chi connectivity index (χ0v) is 20.0. The Bertz CT molecular complexity index is 663. The summed E-state index contributed by atoms with van der Waals surface area (Å²) >= 11 is 0. The summed E-state index contributed by atoms with van der Waals surface area (Å²) in [7, 11) is -8.00. The van der Waals surface area contributed by atoms with Gasteiger partial charge in [0.05, 0.1) is 6.61 Å². The van der Waals surface area contributed by atoms with E-state index in [-0.39, 0.29) is 6.61 Å². The Balaban J connectivity index is 4.05. The van der Waals surface area contributed by atoms with Gasteiger partial charge in [-0.15, -0.1) is 0 Å². The molecule has 8 nitrogen and oxygen atoms in total. The molecule has 0 aromatic heterocycles. The summed E-state index contributed by atoms with van der Waals surface area (Å²) < 4.78 is 30.2. The van der Waals surface area contributed by atoms with E-state index in [1.807, 2.05) is 11.9 Å². The molecular formula is C19H37NO7P2. The fraction of sp³-hybridized carbons (Fsp3) is 0.684. The van der Waals surface area contributed by atoms with Gasteiger partial charge in [0.15, 0.2) is 0 Å². The van der Waals surface area contributed by atoms with Crippen molar-refractivity contribution < 1.29 is 32.6 Å². The van der Waals surface area contributed by atoms with E-state index >= 15 is 0 Å². The normalized spacial score (nSPS) is 15.5. The first-order valence-electron chi connectivity index (χ1n) is 9.68. The van der Waals surface area contributed by atoms with Crippen LogP contribution >= 0.6 is 15.6 Å². The van der Waals surface area contributed by atoms with Crippen molar-refractivity contribution in [2.24, 2.45) is 0 Å². The molecule has 0 aliphatic heterocycles. The number of phosphoric acid groups is 2. The molecule has 0 bridgehead atoms. The third-order valence-corrected chi connectivity index (χ3v) is 6.25. The third-order valence-electron chi connectivity index (χ3n) is 4.06. The lowest BCUT2D eigenvalue weighted by Crippen LogP contribution is -2.23. The van der Waals surface area contributed by atoms with Crippen molar-refractivity contribution in [3.05, 3.63) is 34.9 Å². The summed E-state index contributed by atoms with van der Waals surface area (Å²) in [5, 5.41) is 0. The van der Waals surface area contributed by atoms with Crippen LogP contribution in [0.5, 0.6) is 0 Å². The molecule has 0 aromatic rings. The summed E-state index contributed by atoms with van der Waals surface area (Å²) in [5.41, 5.74) is 4.09. The molecule has 0 amide bonds. The third kappa shape index (κ3) is 19.2. The Kier molecular flexibility index (Phi) is 14.2. The molecule has 3 N–H and O–H groups in total. The van der Waals surface area contributed by atoms with E-state index in [1.165, 1.54) is 16.7 Å². The average molecular weight is 453 g/mol. The summed E-state index contributed by atoms with van der Waals surface area (Å²) in [5.74, 6) is 0. The van der Waals surface area contributed by atoms with Crippen LogP contribution in [0.25, 0.3) is 0 Å². The van der Waals surface area contributed by atoms with Gasteiger partial charge in [0.1, 0.15) is 0 Å². The number of allylic oxidation sites excluding steroid dienone is 5. The van der Waals surface area contributed by atoms with Gasteiger partial charge >= 0.3 is 15.6 Å². The standard InChI is InChI=1S/C19H37NO7P2/c1-17(2)9-6-10-18(3)11-7-12-19(4)13-8-14-20(5)15-16-26-29(24,25)27-28(21,22)23/h9,11,13H,6-8,10,12,14-16H2,1-5H3,(H,24,25)(H2,21,22,23)/b18-11+,19-13+. The molecule has 0 aliphatic rings. The van der Waals surface area contributed by atoms with Gasteiger partial charge in [-0.1, -0.05) is 34.9 Å². The molecule has 1 unspecified atom stereocenters. The molecule has 0 radical (unpaired) electrons.